The number of carbonyl (C=O) groups excluding carboxylic acids is 2. The summed E-state index contributed by atoms with van der Waals surface area (Å²) in [5.41, 5.74) is 1.17. The van der Waals surface area contributed by atoms with E-state index in [-0.39, 0.29) is 11.0 Å². The van der Waals surface area contributed by atoms with E-state index in [9.17, 15) is 9.59 Å². The summed E-state index contributed by atoms with van der Waals surface area (Å²) in [4.78, 5) is 22.3. The van der Waals surface area contributed by atoms with Gasteiger partial charge in [-0.15, -0.1) is 0 Å². The fourth-order valence-electron chi connectivity index (χ4n) is 1.48. The fraction of sp³-hybridized carbons (Fsp3) is 0.385. The molecule has 0 radical (unpaired) electrons. The molecule has 5 nitrogen and oxygen atoms in total. The largest absolute Gasteiger partial charge is 0.465 e. The van der Waals surface area contributed by atoms with Crippen molar-refractivity contribution in [3.05, 3.63) is 29.8 Å². The van der Waals surface area contributed by atoms with Crippen molar-refractivity contribution in [2.75, 3.05) is 19.0 Å². The summed E-state index contributed by atoms with van der Waals surface area (Å²) in [6.45, 7) is 1.91. The molecule has 1 unspecified atom stereocenters. The van der Waals surface area contributed by atoms with Crippen molar-refractivity contribution in [3.63, 3.8) is 0 Å². The number of methoxy groups -OCH3 is 1. The molecule has 0 spiro atoms. The Kier molecular flexibility index (Phi) is 6.35. The third-order valence-corrected chi connectivity index (χ3v) is 2.96. The second kappa shape index (κ2) is 7.78. The van der Waals surface area contributed by atoms with E-state index in [2.05, 4.69) is 21.2 Å². The number of esters is 2. The highest BCUT2D eigenvalue weighted by Crippen LogP contribution is 2.16. The average Bonchev–Trinajstić information content (AvgIpc) is 2.37. The number of ether oxygens (including phenoxy) is 2. The maximum absolute atomic E-state index is 11.5. The third kappa shape index (κ3) is 5.30. The summed E-state index contributed by atoms with van der Waals surface area (Å²) in [6.07, 6.45) is 0.578. The Morgan fingerprint density at radius 3 is 2.68 bits per heavy atom. The first-order chi connectivity index (χ1) is 9.04. The van der Waals surface area contributed by atoms with Crippen LogP contribution in [-0.2, 0) is 14.3 Å². The van der Waals surface area contributed by atoms with Gasteiger partial charge in [0.05, 0.1) is 12.7 Å². The molecule has 6 heteroatoms. The quantitative estimate of drug-likeness (QED) is 0.641. The first kappa shape index (κ1) is 15.5. The molecule has 0 saturated carbocycles. The first-order valence-electron chi connectivity index (χ1n) is 5.77. The molecule has 0 aromatic heterocycles. The van der Waals surface area contributed by atoms with Gasteiger partial charge in [0.25, 0.3) is 0 Å². The van der Waals surface area contributed by atoms with Gasteiger partial charge in [-0.05, 0) is 28.1 Å². The Labute approximate surface area is 120 Å². The van der Waals surface area contributed by atoms with Crippen LogP contribution in [0.25, 0.3) is 0 Å². The lowest BCUT2D eigenvalue weighted by molar-refractivity contribution is -0.142. The lowest BCUT2D eigenvalue weighted by Crippen LogP contribution is -2.15. The third-order valence-electron chi connectivity index (χ3n) is 2.31. The van der Waals surface area contributed by atoms with Crippen molar-refractivity contribution in [2.45, 2.75) is 18.4 Å². The molecule has 0 heterocycles. The van der Waals surface area contributed by atoms with Crippen molar-refractivity contribution >= 4 is 33.6 Å². The van der Waals surface area contributed by atoms with E-state index in [1.807, 2.05) is 6.07 Å². The molecule has 1 atom stereocenters. The number of nitrogens with one attached hydrogen (secondary N) is 1. The zero-order valence-corrected chi connectivity index (χ0v) is 12.4. The van der Waals surface area contributed by atoms with Crippen LogP contribution in [0.4, 0.5) is 5.69 Å². The molecule has 19 heavy (non-hydrogen) atoms. The van der Waals surface area contributed by atoms with Crippen LogP contribution in [-0.4, -0.2) is 30.6 Å². The molecule has 1 aromatic carbocycles. The molecule has 0 amide bonds. The Hall–Kier alpha value is -1.56. The van der Waals surface area contributed by atoms with E-state index >= 15 is 0 Å². The summed E-state index contributed by atoms with van der Waals surface area (Å²) < 4.78 is 9.63. The minimum atomic E-state index is -0.390. The number of halogens is 1. The van der Waals surface area contributed by atoms with Crippen LogP contribution in [0.1, 0.15) is 23.7 Å². The number of benzene rings is 1. The average molecular weight is 330 g/mol. The molecule has 1 N–H and O–H groups in total. The second-order valence-corrected chi connectivity index (χ2v) is 4.79. The van der Waals surface area contributed by atoms with Crippen LogP contribution in [0.3, 0.4) is 0 Å². The zero-order chi connectivity index (χ0) is 14.3. The lowest BCUT2D eigenvalue weighted by atomic mass is 10.2. The molecule has 0 saturated heterocycles. The van der Waals surface area contributed by atoms with E-state index in [0.717, 1.165) is 0 Å². The van der Waals surface area contributed by atoms with Crippen molar-refractivity contribution < 1.29 is 19.1 Å². The lowest BCUT2D eigenvalue weighted by Gasteiger charge is -2.13. The highest BCUT2D eigenvalue weighted by atomic mass is 79.9. The van der Waals surface area contributed by atoms with Gasteiger partial charge in [0.2, 0.25) is 0 Å². The Morgan fingerprint density at radius 2 is 2.05 bits per heavy atom. The van der Waals surface area contributed by atoms with Crippen LogP contribution < -0.4 is 5.32 Å². The van der Waals surface area contributed by atoms with Crippen molar-refractivity contribution in [1.29, 1.82) is 0 Å². The summed E-state index contributed by atoms with van der Waals surface area (Å²) in [6, 6.07) is 7.07. The predicted octanol–water partition coefficient (Wildman–Crippen LogP) is 2.56. The van der Waals surface area contributed by atoms with Gasteiger partial charge >= 0.3 is 11.9 Å². The van der Waals surface area contributed by atoms with E-state index in [0.29, 0.717) is 24.2 Å². The number of hydrogen-bond acceptors (Lipinski definition) is 5. The minimum Gasteiger partial charge on any atom is -0.465 e. The van der Waals surface area contributed by atoms with Gasteiger partial charge in [0.1, 0.15) is 0 Å². The monoisotopic (exact) mass is 329 g/mol. The van der Waals surface area contributed by atoms with Gasteiger partial charge in [0, 0.05) is 25.6 Å². The zero-order valence-electron chi connectivity index (χ0n) is 10.8. The van der Waals surface area contributed by atoms with Gasteiger partial charge < -0.3 is 14.8 Å². The van der Waals surface area contributed by atoms with E-state index in [4.69, 9.17) is 9.47 Å². The number of alkyl halides is 1. The molecule has 0 fully saturated rings. The summed E-state index contributed by atoms with van der Waals surface area (Å²) >= 11 is 3.24. The number of anilines is 1. The molecule has 104 valence electrons. The predicted molar refractivity (Wildman–Crippen MR) is 75.4 cm³/mol. The maximum Gasteiger partial charge on any atom is 0.339 e. The summed E-state index contributed by atoms with van der Waals surface area (Å²) in [7, 11) is 1.34. The van der Waals surface area contributed by atoms with Crippen molar-refractivity contribution in [1.82, 2.24) is 0 Å². The van der Waals surface area contributed by atoms with Gasteiger partial charge in [-0.2, -0.15) is 0 Å². The topological polar surface area (TPSA) is 64.6 Å². The van der Waals surface area contributed by atoms with Crippen LogP contribution in [0.15, 0.2) is 24.3 Å². The molecule has 0 aliphatic carbocycles. The van der Waals surface area contributed by atoms with Gasteiger partial charge in [-0.1, -0.05) is 12.1 Å². The molecular weight excluding hydrogens is 314 g/mol. The minimum absolute atomic E-state index is 0.336. The van der Waals surface area contributed by atoms with E-state index in [1.165, 1.54) is 14.0 Å². The summed E-state index contributed by atoms with van der Waals surface area (Å²) in [5, 5.41) is 2.77. The molecule has 0 aliphatic rings. The fourth-order valence-corrected chi connectivity index (χ4v) is 1.98. The maximum atomic E-state index is 11.5. The van der Waals surface area contributed by atoms with Gasteiger partial charge in [-0.25, -0.2) is 4.79 Å². The Balaban J connectivity index is 2.54. The number of rotatable bonds is 6. The number of para-hydroxylation sites is 1. The standard InChI is InChI=1S/C13H16BrNO4/c1-9(16)19-12(14)7-8-15-11-6-4-3-5-10(11)13(17)18-2/h3-6,12,15H,7-8H2,1-2H3. The van der Waals surface area contributed by atoms with Crippen molar-refractivity contribution in [3.8, 4) is 0 Å². The molecular formula is C13H16BrNO4. The van der Waals surface area contributed by atoms with Crippen LogP contribution >= 0.6 is 15.9 Å². The SMILES string of the molecule is COC(=O)c1ccccc1NCCC(Br)OC(C)=O. The normalized spacial score (nSPS) is 11.5. The van der Waals surface area contributed by atoms with Gasteiger partial charge in [-0.3, -0.25) is 4.79 Å². The Bertz CT molecular complexity index is 450. The van der Waals surface area contributed by atoms with Crippen LogP contribution in [0.2, 0.25) is 0 Å². The smallest absolute Gasteiger partial charge is 0.339 e. The Morgan fingerprint density at radius 1 is 1.37 bits per heavy atom. The molecule has 1 rings (SSSR count). The van der Waals surface area contributed by atoms with Crippen molar-refractivity contribution in [2.24, 2.45) is 0 Å². The highest BCUT2D eigenvalue weighted by molar-refractivity contribution is 9.09. The number of carbonyl (C=O) groups is 2. The molecule has 1 aromatic rings. The second-order valence-electron chi connectivity index (χ2n) is 3.77. The highest BCUT2D eigenvalue weighted by Gasteiger charge is 2.11. The molecule has 0 bridgehead atoms. The van der Waals surface area contributed by atoms with E-state index < -0.39 is 5.97 Å². The first-order valence-corrected chi connectivity index (χ1v) is 6.68. The number of hydrogen-bond donors (Lipinski definition) is 1. The molecule has 0 aliphatic heterocycles. The van der Waals surface area contributed by atoms with Crippen LogP contribution in [0, 0.1) is 0 Å². The van der Waals surface area contributed by atoms with Crippen LogP contribution in [0.5, 0.6) is 0 Å². The summed E-state index contributed by atoms with van der Waals surface area (Å²) in [5.74, 6) is -0.727. The van der Waals surface area contributed by atoms with Gasteiger partial charge in [0.15, 0.2) is 5.01 Å². The van der Waals surface area contributed by atoms with E-state index in [1.54, 1.807) is 18.2 Å².